The number of rotatable bonds is 4. The van der Waals surface area contributed by atoms with E-state index in [0.29, 0.717) is 5.56 Å². The Bertz CT molecular complexity index is 1300. The second-order valence-electron chi connectivity index (χ2n) is 8.92. The van der Waals surface area contributed by atoms with Crippen molar-refractivity contribution in [3.05, 3.63) is 52.8 Å². The molecule has 36 heavy (non-hydrogen) atoms. The zero-order valence-electron chi connectivity index (χ0n) is 19.0. The lowest BCUT2D eigenvalue weighted by molar-refractivity contribution is -0.160. The number of aliphatic hydroxyl groups is 4. The number of phenols is 1. The van der Waals surface area contributed by atoms with E-state index in [1.54, 1.807) is 6.92 Å². The van der Waals surface area contributed by atoms with Crippen LogP contribution in [0.5, 0.6) is 5.75 Å². The minimum absolute atomic E-state index is 0.107. The van der Waals surface area contributed by atoms with Crippen LogP contribution in [0, 0.1) is 11.8 Å². The maximum atomic E-state index is 13.6. The molecule has 0 unspecified atom stereocenters. The highest BCUT2D eigenvalue weighted by molar-refractivity contribution is 6.23. The minimum atomic E-state index is -2.92. The Morgan fingerprint density at radius 3 is 2.56 bits per heavy atom. The minimum Gasteiger partial charge on any atom is -0.508 e. The van der Waals surface area contributed by atoms with Crippen LogP contribution in [0.3, 0.4) is 0 Å². The lowest BCUT2D eigenvalue weighted by Gasteiger charge is -2.50. The van der Waals surface area contributed by atoms with Crippen LogP contribution in [-0.2, 0) is 19.1 Å². The van der Waals surface area contributed by atoms with Gasteiger partial charge in [-0.1, -0.05) is 25.6 Å². The Hall–Kier alpha value is -4.16. The van der Waals surface area contributed by atoms with Gasteiger partial charge in [0.1, 0.15) is 29.4 Å². The van der Waals surface area contributed by atoms with E-state index in [9.17, 15) is 44.7 Å². The molecule has 190 valence electrons. The highest BCUT2D eigenvalue weighted by Gasteiger charge is 2.64. The lowest BCUT2D eigenvalue weighted by atomic mass is 9.55. The van der Waals surface area contributed by atoms with Crippen LogP contribution in [0.1, 0.15) is 30.4 Å². The Morgan fingerprint density at radius 1 is 1.28 bits per heavy atom. The van der Waals surface area contributed by atoms with Crippen molar-refractivity contribution < 1.29 is 49.4 Å². The van der Waals surface area contributed by atoms with Gasteiger partial charge in [0.2, 0.25) is 5.78 Å². The van der Waals surface area contributed by atoms with Gasteiger partial charge in [-0.05, 0) is 17.5 Å². The number of anilines is 1. The van der Waals surface area contributed by atoms with Crippen molar-refractivity contribution >= 4 is 35.0 Å². The van der Waals surface area contributed by atoms with Gasteiger partial charge in [0, 0.05) is 23.8 Å². The molecule has 0 bridgehead atoms. The molecular weight excluding hydrogens is 476 g/mol. The van der Waals surface area contributed by atoms with Crippen LogP contribution < -0.4 is 11.1 Å². The summed E-state index contributed by atoms with van der Waals surface area (Å²) >= 11 is 0. The van der Waals surface area contributed by atoms with E-state index in [1.807, 2.05) is 0 Å². The van der Waals surface area contributed by atoms with Crippen molar-refractivity contribution in [2.24, 2.45) is 17.6 Å². The average molecular weight is 500 g/mol. The summed E-state index contributed by atoms with van der Waals surface area (Å²) in [4.78, 5) is 49.7. The predicted molar refractivity (Wildman–Crippen MR) is 123 cm³/mol. The van der Waals surface area contributed by atoms with Gasteiger partial charge in [-0.15, -0.1) is 0 Å². The van der Waals surface area contributed by atoms with Gasteiger partial charge in [0.15, 0.2) is 11.4 Å². The highest BCUT2D eigenvalue weighted by Crippen LogP contribution is 2.56. The predicted octanol–water partition coefficient (Wildman–Crippen LogP) is 0.690. The van der Waals surface area contributed by atoms with E-state index in [2.05, 4.69) is 11.9 Å². The molecule has 0 aromatic heterocycles. The number of Topliss-reactive ketones (excluding diaryl/α,β-unsaturated/α-hetero) is 2. The number of nitrogens with one attached hydrogen (secondary N) is 1. The van der Waals surface area contributed by atoms with Crippen LogP contribution >= 0.6 is 0 Å². The van der Waals surface area contributed by atoms with Gasteiger partial charge in [-0.25, -0.2) is 4.79 Å². The molecule has 0 heterocycles. The molecule has 2 amide bonds. The van der Waals surface area contributed by atoms with Crippen LogP contribution in [0.4, 0.5) is 10.5 Å². The molecule has 0 aliphatic heterocycles. The second kappa shape index (κ2) is 8.50. The number of ketones is 2. The number of fused-ring (bicyclic) bond motifs is 3. The molecule has 12 nitrogen and oxygen atoms in total. The van der Waals surface area contributed by atoms with E-state index in [4.69, 9.17) is 10.5 Å². The van der Waals surface area contributed by atoms with Gasteiger partial charge in [-0.2, -0.15) is 0 Å². The van der Waals surface area contributed by atoms with Crippen LogP contribution in [0.25, 0.3) is 5.76 Å². The monoisotopic (exact) mass is 500 g/mol. The Morgan fingerprint density at radius 2 is 1.94 bits per heavy atom. The maximum Gasteiger partial charge on any atom is 0.412 e. The Labute approximate surface area is 204 Å². The van der Waals surface area contributed by atoms with E-state index >= 15 is 0 Å². The average Bonchev–Trinajstić information content (AvgIpc) is 2.81. The number of carbonyl (C=O) groups is 4. The molecule has 3 aliphatic rings. The smallest absolute Gasteiger partial charge is 0.412 e. The summed E-state index contributed by atoms with van der Waals surface area (Å²) in [5.74, 6) is -9.71. The molecule has 0 radical (unpaired) electrons. The quantitative estimate of drug-likeness (QED) is 0.174. The van der Waals surface area contributed by atoms with Gasteiger partial charge in [0.25, 0.3) is 5.91 Å². The number of carbonyl (C=O) groups excluding carboxylic acids is 4. The number of aromatic hydroxyl groups is 1. The van der Waals surface area contributed by atoms with Crippen molar-refractivity contribution in [1.29, 1.82) is 0 Å². The first-order valence-corrected chi connectivity index (χ1v) is 10.9. The highest BCUT2D eigenvalue weighted by atomic mass is 16.5. The molecule has 1 saturated carbocycles. The molecule has 5 atom stereocenters. The first kappa shape index (κ1) is 24.9. The summed E-state index contributed by atoms with van der Waals surface area (Å²) in [6.45, 7) is 4.90. The molecule has 12 heteroatoms. The Kier molecular flexibility index (Phi) is 5.89. The summed E-state index contributed by atoms with van der Waals surface area (Å²) < 4.78 is 4.81. The fourth-order valence-electron chi connectivity index (χ4n) is 5.38. The fourth-order valence-corrected chi connectivity index (χ4v) is 5.38. The molecule has 0 spiro atoms. The molecule has 0 saturated heterocycles. The zero-order valence-corrected chi connectivity index (χ0v) is 19.0. The van der Waals surface area contributed by atoms with Gasteiger partial charge < -0.3 is 36.0 Å². The molecule has 4 rings (SSSR count). The molecule has 1 fully saturated rings. The lowest BCUT2D eigenvalue weighted by Crippen LogP contribution is -2.63. The zero-order chi connectivity index (χ0) is 26.7. The van der Waals surface area contributed by atoms with Crippen molar-refractivity contribution in [3.8, 4) is 5.75 Å². The SMILES string of the molecule is C=CCOC(=O)Nc1ccc2c(c1O)C(O)=C1C(=O)[C@]3(O)C(O)=C(C(N)=O)C(=O)C[C@@H]3[C@@H](O)[C@@H]1[C@H]2C. The summed E-state index contributed by atoms with van der Waals surface area (Å²) in [7, 11) is 0. The summed E-state index contributed by atoms with van der Waals surface area (Å²) in [6.07, 6.45) is -1.88. The van der Waals surface area contributed by atoms with Crippen molar-refractivity contribution in [1.82, 2.24) is 0 Å². The fraction of sp³-hybridized carbons (Fsp3) is 0.333. The second-order valence-corrected chi connectivity index (χ2v) is 8.92. The number of primary amides is 1. The van der Waals surface area contributed by atoms with E-state index in [1.165, 1.54) is 18.2 Å². The number of aliphatic hydroxyl groups excluding tert-OH is 3. The number of phenolic OH excluding ortho intramolecular Hbond substituents is 1. The summed E-state index contributed by atoms with van der Waals surface area (Å²) in [6, 6.07) is 2.80. The van der Waals surface area contributed by atoms with E-state index in [0.717, 1.165) is 0 Å². The number of benzene rings is 1. The number of amides is 2. The van der Waals surface area contributed by atoms with Gasteiger partial charge in [-0.3, -0.25) is 19.7 Å². The first-order chi connectivity index (χ1) is 16.9. The summed E-state index contributed by atoms with van der Waals surface area (Å²) in [5.41, 5.74) is 0.637. The van der Waals surface area contributed by atoms with Crippen LogP contribution in [-0.4, -0.2) is 67.4 Å². The number of hydrogen-bond acceptors (Lipinski definition) is 10. The number of hydrogen-bond donors (Lipinski definition) is 7. The molecular formula is C24H24N2O10. The third-order valence-corrected chi connectivity index (χ3v) is 7.07. The third-order valence-electron chi connectivity index (χ3n) is 7.07. The largest absolute Gasteiger partial charge is 0.508 e. The van der Waals surface area contributed by atoms with Gasteiger partial charge in [0.05, 0.1) is 17.4 Å². The van der Waals surface area contributed by atoms with Crippen molar-refractivity contribution in [2.45, 2.75) is 31.0 Å². The molecule has 1 aromatic carbocycles. The van der Waals surface area contributed by atoms with E-state index in [-0.39, 0.29) is 17.9 Å². The number of nitrogens with two attached hydrogens (primary N) is 1. The maximum absolute atomic E-state index is 13.6. The van der Waals surface area contributed by atoms with Crippen LogP contribution in [0.2, 0.25) is 0 Å². The number of ether oxygens (including phenoxy) is 1. The first-order valence-electron chi connectivity index (χ1n) is 10.9. The molecule has 3 aliphatic carbocycles. The summed E-state index contributed by atoms with van der Waals surface area (Å²) in [5, 5.41) is 57.3. The molecule has 8 N–H and O–H groups in total. The van der Waals surface area contributed by atoms with Crippen LogP contribution in [0.15, 0.2) is 41.7 Å². The van der Waals surface area contributed by atoms with Crippen molar-refractivity contribution in [3.63, 3.8) is 0 Å². The topological polar surface area (TPSA) is 217 Å². The Balaban J connectivity index is 1.89. The normalized spacial score (nSPS) is 29.2. The van der Waals surface area contributed by atoms with E-state index < -0.39 is 87.9 Å². The standard InChI is InChI=1S/C24H24N2O10/c1-3-6-36-23(34)26-11-5-4-9-8(2)13-16(19(30)14(9)18(11)29)21(32)24(35)10(17(13)28)7-12(27)15(20(24)31)22(25)33/h3-5,8,10,13,17,28-31,35H,1,6-7H2,2H3,(H2,25,33)(H,26,34)/t8-,10+,13+,17+,24+/m0/s1. The van der Waals surface area contributed by atoms with Crippen molar-refractivity contribution in [2.75, 3.05) is 11.9 Å². The third kappa shape index (κ3) is 3.29. The van der Waals surface area contributed by atoms with Gasteiger partial charge >= 0.3 is 6.09 Å². The molecule has 1 aromatic rings.